The molecule has 0 radical (unpaired) electrons. The Kier molecular flexibility index (Phi) is 5.12. The standard InChI is InChI=1S/C17H23N3OS/c1-21-12-19-17-14(9-18)15-11-20(8-7-16(15)22-17)10-13-5-3-2-4-6-13/h12-13H,2-8,10-11H2,1H3/b19-12+. The van der Waals surface area contributed by atoms with E-state index in [0.717, 1.165) is 36.0 Å². The molecule has 0 atom stereocenters. The van der Waals surface area contributed by atoms with Crippen molar-refractivity contribution < 1.29 is 4.74 Å². The van der Waals surface area contributed by atoms with Gasteiger partial charge in [-0.3, -0.25) is 4.90 Å². The number of ether oxygens (including phenoxy) is 1. The van der Waals surface area contributed by atoms with Gasteiger partial charge in [0.15, 0.2) is 6.40 Å². The first-order chi connectivity index (χ1) is 10.8. The van der Waals surface area contributed by atoms with Gasteiger partial charge < -0.3 is 4.74 Å². The van der Waals surface area contributed by atoms with E-state index in [1.54, 1.807) is 18.4 Å². The number of aliphatic imine (C=N–C) groups is 1. The van der Waals surface area contributed by atoms with E-state index >= 15 is 0 Å². The molecule has 118 valence electrons. The minimum Gasteiger partial charge on any atom is -0.486 e. The molecule has 0 saturated heterocycles. The first-order valence-electron chi connectivity index (χ1n) is 8.14. The Hall–Kier alpha value is -1.38. The Labute approximate surface area is 136 Å². The molecule has 4 nitrogen and oxygen atoms in total. The van der Waals surface area contributed by atoms with Crippen LogP contribution in [0.15, 0.2) is 4.99 Å². The summed E-state index contributed by atoms with van der Waals surface area (Å²) in [5, 5.41) is 10.3. The topological polar surface area (TPSA) is 48.6 Å². The van der Waals surface area contributed by atoms with Crippen molar-refractivity contribution in [2.45, 2.75) is 45.1 Å². The Morgan fingerprint density at radius 3 is 2.95 bits per heavy atom. The van der Waals surface area contributed by atoms with Crippen LogP contribution < -0.4 is 0 Å². The molecule has 3 rings (SSSR count). The molecule has 1 aromatic heterocycles. The zero-order chi connectivity index (χ0) is 15.4. The number of methoxy groups -OCH3 is 1. The molecule has 0 N–H and O–H groups in total. The lowest BCUT2D eigenvalue weighted by Gasteiger charge is -2.32. The number of fused-ring (bicyclic) bond motifs is 1. The van der Waals surface area contributed by atoms with Gasteiger partial charge in [-0.15, -0.1) is 11.3 Å². The maximum absolute atomic E-state index is 9.49. The molecular formula is C17H23N3OS. The quantitative estimate of drug-likeness (QED) is 0.626. The molecule has 2 heterocycles. The van der Waals surface area contributed by atoms with E-state index in [4.69, 9.17) is 4.74 Å². The predicted molar refractivity (Wildman–Crippen MR) is 89.8 cm³/mol. The number of thiophene rings is 1. The fraction of sp³-hybridized carbons (Fsp3) is 0.647. The van der Waals surface area contributed by atoms with E-state index < -0.39 is 0 Å². The van der Waals surface area contributed by atoms with Gasteiger partial charge in [0.2, 0.25) is 0 Å². The molecule has 2 aliphatic rings. The Balaban J connectivity index is 1.72. The molecule has 5 heteroatoms. The van der Waals surface area contributed by atoms with Crippen LogP contribution in [0.1, 0.15) is 48.1 Å². The summed E-state index contributed by atoms with van der Waals surface area (Å²) in [6, 6.07) is 2.35. The minimum atomic E-state index is 0.752. The summed E-state index contributed by atoms with van der Waals surface area (Å²) in [6.45, 7) is 3.22. The van der Waals surface area contributed by atoms with Gasteiger partial charge in [0, 0.05) is 30.1 Å². The summed E-state index contributed by atoms with van der Waals surface area (Å²) < 4.78 is 4.89. The van der Waals surface area contributed by atoms with Crippen LogP contribution in [-0.2, 0) is 17.7 Å². The lowest BCUT2D eigenvalue weighted by atomic mass is 9.88. The van der Waals surface area contributed by atoms with Gasteiger partial charge in [-0.25, -0.2) is 4.99 Å². The average Bonchev–Trinajstić information content (AvgIpc) is 2.90. The molecule has 0 unspecified atom stereocenters. The Bertz CT molecular complexity index is 581. The second-order valence-electron chi connectivity index (χ2n) is 6.26. The highest BCUT2D eigenvalue weighted by molar-refractivity contribution is 7.16. The third-order valence-corrected chi connectivity index (χ3v) is 5.94. The SMILES string of the molecule is CO/C=N/c1sc2c(c1C#N)CN(CC1CCCCC1)CC2. The maximum atomic E-state index is 9.49. The first-order valence-corrected chi connectivity index (χ1v) is 8.95. The molecule has 1 aliphatic heterocycles. The highest BCUT2D eigenvalue weighted by Crippen LogP contribution is 2.38. The fourth-order valence-corrected chi connectivity index (χ4v) is 4.71. The van der Waals surface area contributed by atoms with Crippen molar-refractivity contribution in [2.24, 2.45) is 10.9 Å². The highest BCUT2D eigenvalue weighted by Gasteiger charge is 2.26. The molecular weight excluding hydrogens is 294 g/mol. The lowest BCUT2D eigenvalue weighted by Crippen LogP contribution is -2.34. The summed E-state index contributed by atoms with van der Waals surface area (Å²) in [5.74, 6) is 0.852. The lowest BCUT2D eigenvalue weighted by molar-refractivity contribution is 0.188. The van der Waals surface area contributed by atoms with E-state index in [0.29, 0.717) is 0 Å². The van der Waals surface area contributed by atoms with Crippen molar-refractivity contribution >= 4 is 22.7 Å². The number of nitrogens with zero attached hydrogens (tertiary/aromatic N) is 3. The van der Waals surface area contributed by atoms with Crippen molar-refractivity contribution in [1.82, 2.24) is 4.90 Å². The summed E-state index contributed by atoms with van der Waals surface area (Å²) in [7, 11) is 1.58. The van der Waals surface area contributed by atoms with Crippen molar-refractivity contribution in [2.75, 3.05) is 20.2 Å². The van der Waals surface area contributed by atoms with E-state index in [1.165, 1.54) is 55.5 Å². The third kappa shape index (κ3) is 3.34. The third-order valence-electron chi connectivity index (χ3n) is 4.74. The molecule has 1 aliphatic carbocycles. The second-order valence-corrected chi connectivity index (χ2v) is 7.34. The van der Waals surface area contributed by atoms with Crippen LogP contribution in [0, 0.1) is 17.2 Å². The predicted octanol–water partition coefficient (Wildman–Crippen LogP) is 3.86. The van der Waals surface area contributed by atoms with Gasteiger partial charge in [-0.05, 0) is 25.2 Å². The monoisotopic (exact) mass is 317 g/mol. The molecule has 1 fully saturated rings. The number of rotatable bonds is 4. The zero-order valence-corrected chi connectivity index (χ0v) is 14.0. The van der Waals surface area contributed by atoms with Crippen molar-refractivity contribution in [3.8, 4) is 6.07 Å². The summed E-state index contributed by atoms with van der Waals surface area (Å²) in [4.78, 5) is 8.14. The zero-order valence-electron chi connectivity index (χ0n) is 13.2. The van der Waals surface area contributed by atoms with Crippen LogP contribution in [0.2, 0.25) is 0 Å². The van der Waals surface area contributed by atoms with Gasteiger partial charge in [-0.2, -0.15) is 5.26 Å². The van der Waals surface area contributed by atoms with Crippen LogP contribution in [0.4, 0.5) is 5.00 Å². The molecule has 1 aromatic rings. The summed E-state index contributed by atoms with van der Waals surface area (Å²) >= 11 is 1.65. The van der Waals surface area contributed by atoms with Crippen LogP contribution in [0.25, 0.3) is 0 Å². The van der Waals surface area contributed by atoms with E-state index in [9.17, 15) is 5.26 Å². The normalized spacial score (nSPS) is 20.0. The van der Waals surface area contributed by atoms with Crippen LogP contribution in [0.3, 0.4) is 0 Å². The minimum absolute atomic E-state index is 0.752. The largest absolute Gasteiger partial charge is 0.486 e. The summed E-state index contributed by atoms with van der Waals surface area (Å²) in [5.41, 5.74) is 1.96. The maximum Gasteiger partial charge on any atom is 0.175 e. The van der Waals surface area contributed by atoms with E-state index in [-0.39, 0.29) is 0 Å². The van der Waals surface area contributed by atoms with E-state index in [2.05, 4.69) is 16.0 Å². The van der Waals surface area contributed by atoms with Crippen LogP contribution in [0.5, 0.6) is 0 Å². The Morgan fingerprint density at radius 1 is 1.41 bits per heavy atom. The molecule has 1 saturated carbocycles. The van der Waals surface area contributed by atoms with Crippen molar-refractivity contribution in [3.63, 3.8) is 0 Å². The van der Waals surface area contributed by atoms with Crippen molar-refractivity contribution in [3.05, 3.63) is 16.0 Å². The first kappa shape index (κ1) is 15.5. The molecule has 0 spiro atoms. The van der Waals surface area contributed by atoms with Gasteiger partial charge >= 0.3 is 0 Å². The van der Waals surface area contributed by atoms with Gasteiger partial charge in [-0.1, -0.05) is 19.3 Å². The highest BCUT2D eigenvalue weighted by atomic mass is 32.1. The molecule has 0 bridgehead atoms. The van der Waals surface area contributed by atoms with E-state index in [1.807, 2.05) is 0 Å². The fourth-order valence-electron chi connectivity index (χ4n) is 3.63. The average molecular weight is 317 g/mol. The number of nitriles is 1. The summed E-state index contributed by atoms with van der Waals surface area (Å²) in [6.07, 6.45) is 9.40. The second kappa shape index (κ2) is 7.26. The Morgan fingerprint density at radius 2 is 2.23 bits per heavy atom. The molecule has 0 aromatic carbocycles. The van der Waals surface area contributed by atoms with Crippen LogP contribution in [-0.4, -0.2) is 31.5 Å². The van der Waals surface area contributed by atoms with Crippen LogP contribution >= 0.6 is 11.3 Å². The number of hydrogen-bond donors (Lipinski definition) is 0. The smallest absolute Gasteiger partial charge is 0.175 e. The molecule has 0 amide bonds. The van der Waals surface area contributed by atoms with Gasteiger partial charge in [0.05, 0.1) is 12.7 Å². The van der Waals surface area contributed by atoms with Gasteiger partial charge in [0.25, 0.3) is 0 Å². The van der Waals surface area contributed by atoms with Crippen molar-refractivity contribution in [1.29, 1.82) is 5.26 Å². The van der Waals surface area contributed by atoms with Gasteiger partial charge in [0.1, 0.15) is 11.1 Å². The molecule has 22 heavy (non-hydrogen) atoms. The number of hydrogen-bond acceptors (Lipinski definition) is 5.